The van der Waals surface area contributed by atoms with E-state index < -0.39 is 11.9 Å². The zero-order valence-electron chi connectivity index (χ0n) is 13.8. The van der Waals surface area contributed by atoms with Crippen LogP contribution in [0.3, 0.4) is 0 Å². The minimum atomic E-state index is -4.38. The molecular weight excluding hydrogens is 321 g/mol. The van der Waals surface area contributed by atoms with Crippen LogP contribution in [0.1, 0.15) is 48.9 Å². The number of aromatic nitrogens is 5. The van der Waals surface area contributed by atoms with E-state index in [9.17, 15) is 13.2 Å². The molecule has 0 unspecified atom stereocenters. The van der Waals surface area contributed by atoms with Gasteiger partial charge in [0.25, 0.3) is 0 Å². The summed E-state index contributed by atoms with van der Waals surface area (Å²) < 4.78 is 40.2. The van der Waals surface area contributed by atoms with Gasteiger partial charge in [-0.2, -0.15) is 13.2 Å². The average Bonchev–Trinajstić information content (AvgIpc) is 3.15. The summed E-state index contributed by atoms with van der Waals surface area (Å²) in [5.74, 6) is 2.17. The molecule has 0 amide bonds. The van der Waals surface area contributed by atoms with Crippen molar-refractivity contribution in [2.45, 2.75) is 51.9 Å². The van der Waals surface area contributed by atoms with Crippen LogP contribution in [0.5, 0.6) is 0 Å². The molecule has 1 atom stereocenters. The number of hydrogen-bond donors (Lipinski definition) is 1. The highest BCUT2D eigenvalue weighted by molar-refractivity contribution is 5.10. The minimum Gasteiger partial charge on any atom is -0.338 e. The van der Waals surface area contributed by atoms with Gasteiger partial charge in [0, 0.05) is 19.0 Å². The van der Waals surface area contributed by atoms with Crippen LogP contribution in [-0.2, 0) is 19.3 Å². The van der Waals surface area contributed by atoms with Crippen molar-refractivity contribution in [3.63, 3.8) is 0 Å². The van der Waals surface area contributed by atoms with Gasteiger partial charge in [0.1, 0.15) is 23.2 Å². The summed E-state index contributed by atoms with van der Waals surface area (Å²) in [6, 6.07) is 0. The first-order chi connectivity index (χ1) is 11.4. The van der Waals surface area contributed by atoms with Crippen molar-refractivity contribution in [1.29, 1.82) is 0 Å². The molecule has 2 aromatic heterocycles. The highest BCUT2D eigenvalue weighted by Crippen LogP contribution is 2.31. The molecule has 1 aliphatic heterocycles. The fraction of sp³-hybridized carbons (Fsp3) is 0.667. The second-order valence-corrected chi connectivity index (χ2v) is 6.16. The first-order valence-corrected chi connectivity index (χ1v) is 8.11. The van der Waals surface area contributed by atoms with Crippen molar-refractivity contribution in [3.05, 3.63) is 29.4 Å². The van der Waals surface area contributed by atoms with Gasteiger partial charge in [0.05, 0.1) is 12.7 Å². The van der Waals surface area contributed by atoms with Gasteiger partial charge in [-0.15, -0.1) is 10.2 Å². The van der Waals surface area contributed by atoms with E-state index in [-0.39, 0.29) is 5.92 Å². The molecule has 0 bridgehead atoms. The van der Waals surface area contributed by atoms with Crippen molar-refractivity contribution in [2.24, 2.45) is 0 Å². The number of aryl methyl sites for hydroxylation is 1. The van der Waals surface area contributed by atoms with Gasteiger partial charge in [-0.3, -0.25) is 4.90 Å². The molecular formula is C15H21F3N6. The molecule has 6 nitrogen and oxygen atoms in total. The Morgan fingerprint density at radius 1 is 1.33 bits per heavy atom. The van der Waals surface area contributed by atoms with Gasteiger partial charge in [-0.05, 0) is 33.2 Å². The molecule has 1 saturated heterocycles. The number of nitrogens with one attached hydrogen (secondary N) is 1. The van der Waals surface area contributed by atoms with Crippen molar-refractivity contribution in [2.75, 3.05) is 13.1 Å². The number of rotatable bonds is 4. The van der Waals surface area contributed by atoms with Crippen molar-refractivity contribution >= 4 is 0 Å². The van der Waals surface area contributed by atoms with E-state index in [2.05, 4.69) is 29.6 Å². The lowest BCUT2D eigenvalue weighted by Gasteiger charge is -2.31. The number of nitrogens with zero attached hydrogens (tertiary/aromatic N) is 5. The molecule has 0 radical (unpaired) electrons. The SMILES string of the molecule is CCn1c(C)nnc1CN1CCC[C@@H](c2ncc(C(F)(F)F)[nH]2)C1. The number of likely N-dealkylation sites (tertiary alicyclic amines) is 1. The summed E-state index contributed by atoms with van der Waals surface area (Å²) in [5.41, 5.74) is -0.782. The molecule has 9 heteroatoms. The van der Waals surface area contributed by atoms with Crippen LogP contribution in [0.4, 0.5) is 13.2 Å². The molecule has 0 saturated carbocycles. The van der Waals surface area contributed by atoms with Crippen molar-refractivity contribution < 1.29 is 13.2 Å². The van der Waals surface area contributed by atoms with E-state index in [4.69, 9.17) is 0 Å². The molecule has 24 heavy (non-hydrogen) atoms. The normalized spacial score (nSPS) is 19.8. The number of hydrogen-bond acceptors (Lipinski definition) is 4. The quantitative estimate of drug-likeness (QED) is 0.928. The number of alkyl halides is 3. The third-order valence-corrected chi connectivity index (χ3v) is 4.49. The molecule has 1 N–H and O–H groups in total. The maximum Gasteiger partial charge on any atom is 0.432 e. The molecule has 132 valence electrons. The van der Waals surface area contributed by atoms with E-state index in [0.717, 1.165) is 43.8 Å². The maximum atomic E-state index is 12.7. The molecule has 1 aliphatic rings. The number of piperidine rings is 1. The van der Waals surface area contributed by atoms with Crippen molar-refractivity contribution in [1.82, 2.24) is 29.6 Å². The van der Waals surface area contributed by atoms with E-state index in [1.165, 1.54) is 0 Å². The fourth-order valence-electron chi connectivity index (χ4n) is 3.26. The van der Waals surface area contributed by atoms with Crippen molar-refractivity contribution in [3.8, 4) is 0 Å². The Balaban J connectivity index is 1.69. The Morgan fingerprint density at radius 2 is 2.12 bits per heavy atom. The highest BCUT2D eigenvalue weighted by Gasteiger charge is 2.34. The summed E-state index contributed by atoms with van der Waals surface area (Å²) in [7, 11) is 0. The van der Waals surface area contributed by atoms with Gasteiger partial charge in [-0.25, -0.2) is 4.98 Å². The lowest BCUT2D eigenvalue weighted by molar-refractivity contribution is -0.141. The monoisotopic (exact) mass is 342 g/mol. The van der Waals surface area contributed by atoms with Gasteiger partial charge in [0.2, 0.25) is 0 Å². The first kappa shape index (κ1) is 16.9. The fourth-order valence-corrected chi connectivity index (χ4v) is 3.26. The lowest BCUT2D eigenvalue weighted by atomic mass is 9.97. The zero-order chi connectivity index (χ0) is 17.3. The molecule has 0 spiro atoms. The van der Waals surface area contributed by atoms with E-state index in [1.807, 2.05) is 13.8 Å². The standard InChI is InChI=1S/C15H21F3N6/c1-3-24-10(2)21-22-13(24)9-23-6-4-5-11(8-23)14-19-7-12(20-14)15(16,17)18/h7,11H,3-6,8-9H2,1-2H3,(H,19,20)/t11-/m1/s1. The summed E-state index contributed by atoms with van der Waals surface area (Å²) in [6.45, 7) is 6.98. The zero-order valence-corrected chi connectivity index (χ0v) is 13.8. The predicted molar refractivity (Wildman–Crippen MR) is 81.3 cm³/mol. The Morgan fingerprint density at radius 3 is 2.79 bits per heavy atom. The second-order valence-electron chi connectivity index (χ2n) is 6.16. The van der Waals surface area contributed by atoms with Gasteiger partial charge < -0.3 is 9.55 Å². The topological polar surface area (TPSA) is 62.6 Å². The largest absolute Gasteiger partial charge is 0.432 e. The Hall–Kier alpha value is -1.90. The Kier molecular flexibility index (Phi) is 4.62. The predicted octanol–water partition coefficient (Wildman–Crippen LogP) is 2.73. The number of halogens is 3. The Bertz CT molecular complexity index is 690. The van der Waals surface area contributed by atoms with Gasteiger partial charge in [-0.1, -0.05) is 0 Å². The smallest absolute Gasteiger partial charge is 0.338 e. The van der Waals surface area contributed by atoms with Crippen LogP contribution in [0, 0.1) is 6.92 Å². The van der Waals surface area contributed by atoms with Crippen LogP contribution >= 0.6 is 0 Å². The first-order valence-electron chi connectivity index (χ1n) is 8.11. The van der Waals surface area contributed by atoms with Crippen LogP contribution in [-0.4, -0.2) is 42.7 Å². The molecule has 1 fully saturated rings. The maximum absolute atomic E-state index is 12.7. The second kappa shape index (κ2) is 6.54. The van der Waals surface area contributed by atoms with E-state index in [1.54, 1.807) is 0 Å². The minimum absolute atomic E-state index is 0.0195. The van der Waals surface area contributed by atoms with Crippen LogP contribution in [0.15, 0.2) is 6.20 Å². The third kappa shape index (κ3) is 3.45. The number of aromatic amines is 1. The average molecular weight is 342 g/mol. The summed E-state index contributed by atoms with van der Waals surface area (Å²) in [6.07, 6.45) is -1.74. The molecule has 0 aromatic carbocycles. The van der Waals surface area contributed by atoms with E-state index in [0.29, 0.717) is 18.9 Å². The molecule has 2 aromatic rings. The third-order valence-electron chi connectivity index (χ3n) is 4.49. The van der Waals surface area contributed by atoms with Gasteiger partial charge in [0.15, 0.2) is 0 Å². The Labute approximate surface area is 138 Å². The summed E-state index contributed by atoms with van der Waals surface area (Å²) >= 11 is 0. The lowest BCUT2D eigenvalue weighted by Crippen LogP contribution is -2.35. The molecule has 0 aliphatic carbocycles. The highest BCUT2D eigenvalue weighted by atomic mass is 19.4. The van der Waals surface area contributed by atoms with Crippen LogP contribution in [0.25, 0.3) is 0 Å². The number of H-pyrrole nitrogens is 1. The number of imidazole rings is 1. The summed E-state index contributed by atoms with van der Waals surface area (Å²) in [5, 5.41) is 8.32. The van der Waals surface area contributed by atoms with Gasteiger partial charge >= 0.3 is 6.18 Å². The van der Waals surface area contributed by atoms with Crippen LogP contribution in [0.2, 0.25) is 0 Å². The van der Waals surface area contributed by atoms with E-state index >= 15 is 0 Å². The molecule has 3 heterocycles. The molecule has 3 rings (SSSR count). The van der Waals surface area contributed by atoms with Crippen LogP contribution < -0.4 is 0 Å². The summed E-state index contributed by atoms with van der Waals surface area (Å²) in [4.78, 5) is 8.60.